The first-order valence-corrected chi connectivity index (χ1v) is 5.46. The highest BCUT2D eigenvalue weighted by molar-refractivity contribution is 5.73. The molecule has 0 bridgehead atoms. The van der Waals surface area contributed by atoms with Crippen molar-refractivity contribution < 1.29 is 9.90 Å². The fourth-order valence-electron chi connectivity index (χ4n) is 1.88. The molecule has 82 valence electrons. The summed E-state index contributed by atoms with van der Waals surface area (Å²) >= 11 is 0. The van der Waals surface area contributed by atoms with Crippen molar-refractivity contribution in [3.8, 4) is 0 Å². The molecule has 0 radical (unpaired) electrons. The molecule has 1 aliphatic carbocycles. The minimum absolute atomic E-state index is 0.568. The Balaban J connectivity index is 2.16. The molecule has 0 atom stereocenters. The highest BCUT2D eigenvalue weighted by Gasteiger charge is 2.26. The van der Waals surface area contributed by atoms with Crippen LogP contribution in [0.5, 0.6) is 0 Å². The summed E-state index contributed by atoms with van der Waals surface area (Å²) in [6, 6.07) is 0. The summed E-state index contributed by atoms with van der Waals surface area (Å²) in [6.07, 6.45) is 5.30. The van der Waals surface area contributed by atoms with E-state index < -0.39 is 11.4 Å². The van der Waals surface area contributed by atoms with Crippen LogP contribution in [0.25, 0.3) is 0 Å². The molecule has 14 heavy (non-hydrogen) atoms. The zero-order valence-corrected chi connectivity index (χ0v) is 9.18. The summed E-state index contributed by atoms with van der Waals surface area (Å²) in [4.78, 5) is 10.8. The van der Waals surface area contributed by atoms with Gasteiger partial charge in [0.1, 0.15) is 0 Å². The zero-order chi connectivity index (χ0) is 10.6. The molecule has 3 heteroatoms. The number of carbonyl (C=O) groups is 1. The molecule has 0 saturated heterocycles. The van der Waals surface area contributed by atoms with Gasteiger partial charge < -0.3 is 10.4 Å². The fraction of sp³-hybridized carbons (Fsp3) is 0.909. The molecule has 0 aromatic rings. The standard InChI is InChI=1S/C11H21NO2/c1-11(2,10(13)14)8-12-7-9-5-3-4-6-9/h9,12H,3-8H2,1-2H3,(H,13,14). The molecule has 3 nitrogen and oxygen atoms in total. The molecular weight excluding hydrogens is 178 g/mol. The zero-order valence-electron chi connectivity index (χ0n) is 9.18. The van der Waals surface area contributed by atoms with Crippen LogP contribution >= 0.6 is 0 Å². The van der Waals surface area contributed by atoms with E-state index in [1.165, 1.54) is 25.7 Å². The molecule has 1 aliphatic rings. The monoisotopic (exact) mass is 199 g/mol. The van der Waals surface area contributed by atoms with Crippen molar-refractivity contribution in [2.75, 3.05) is 13.1 Å². The smallest absolute Gasteiger partial charge is 0.310 e. The number of carboxylic acids is 1. The molecule has 0 aliphatic heterocycles. The van der Waals surface area contributed by atoms with Gasteiger partial charge in [0.2, 0.25) is 0 Å². The Morgan fingerprint density at radius 2 is 2.00 bits per heavy atom. The quantitative estimate of drug-likeness (QED) is 0.710. The fourth-order valence-corrected chi connectivity index (χ4v) is 1.88. The van der Waals surface area contributed by atoms with Crippen molar-refractivity contribution in [3.63, 3.8) is 0 Å². The lowest BCUT2D eigenvalue weighted by Crippen LogP contribution is -2.37. The van der Waals surface area contributed by atoms with Crippen LogP contribution in [-0.2, 0) is 4.79 Å². The first kappa shape index (κ1) is 11.5. The van der Waals surface area contributed by atoms with Gasteiger partial charge in [-0.05, 0) is 39.2 Å². The van der Waals surface area contributed by atoms with Gasteiger partial charge in [0.05, 0.1) is 5.41 Å². The van der Waals surface area contributed by atoms with Gasteiger partial charge in [-0.15, -0.1) is 0 Å². The molecule has 1 fully saturated rings. The van der Waals surface area contributed by atoms with Crippen LogP contribution in [-0.4, -0.2) is 24.2 Å². The summed E-state index contributed by atoms with van der Waals surface area (Å²) in [7, 11) is 0. The summed E-state index contributed by atoms with van der Waals surface area (Å²) in [5.74, 6) is 0.0519. The Bertz CT molecular complexity index is 195. The third-order valence-corrected chi connectivity index (χ3v) is 3.05. The van der Waals surface area contributed by atoms with E-state index in [0.717, 1.165) is 12.5 Å². The van der Waals surface area contributed by atoms with Crippen molar-refractivity contribution in [2.45, 2.75) is 39.5 Å². The van der Waals surface area contributed by atoms with Crippen LogP contribution < -0.4 is 5.32 Å². The van der Waals surface area contributed by atoms with Gasteiger partial charge >= 0.3 is 5.97 Å². The Morgan fingerprint density at radius 1 is 1.43 bits per heavy atom. The van der Waals surface area contributed by atoms with E-state index in [1.807, 2.05) is 0 Å². The maximum atomic E-state index is 10.8. The molecule has 0 unspecified atom stereocenters. The van der Waals surface area contributed by atoms with Gasteiger partial charge in [-0.2, -0.15) is 0 Å². The lowest BCUT2D eigenvalue weighted by molar-refractivity contribution is -0.146. The second kappa shape index (κ2) is 4.78. The Hall–Kier alpha value is -0.570. The summed E-state index contributed by atoms with van der Waals surface area (Å²) in [5, 5.41) is 12.2. The second-order valence-corrected chi connectivity index (χ2v) is 4.97. The van der Waals surface area contributed by atoms with E-state index in [0.29, 0.717) is 6.54 Å². The van der Waals surface area contributed by atoms with E-state index in [1.54, 1.807) is 13.8 Å². The normalized spacial score (nSPS) is 18.7. The van der Waals surface area contributed by atoms with Gasteiger partial charge in [-0.1, -0.05) is 12.8 Å². The first-order chi connectivity index (χ1) is 6.52. The minimum atomic E-state index is -0.726. The largest absolute Gasteiger partial charge is 0.481 e. The summed E-state index contributed by atoms with van der Waals surface area (Å²) < 4.78 is 0. The number of hydrogen-bond acceptors (Lipinski definition) is 2. The molecule has 0 aromatic heterocycles. The Kier molecular flexibility index (Phi) is 3.93. The second-order valence-electron chi connectivity index (χ2n) is 4.97. The van der Waals surface area contributed by atoms with Gasteiger partial charge in [0, 0.05) is 6.54 Å². The van der Waals surface area contributed by atoms with E-state index in [9.17, 15) is 4.79 Å². The van der Waals surface area contributed by atoms with Crippen molar-refractivity contribution in [1.82, 2.24) is 5.32 Å². The SMILES string of the molecule is CC(C)(CNCC1CCCC1)C(=O)O. The average Bonchev–Trinajstić information content (AvgIpc) is 2.56. The minimum Gasteiger partial charge on any atom is -0.481 e. The number of aliphatic carboxylic acids is 1. The van der Waals surface area contributed by atoms with Gasteiger partial charge in [0.25, 0.3) is 0 Å². The molecule has 0 spiro atoms. The van der Waals surface area contributed by atoms with Crippen LogP contribution in [0.1, 0.15) is 39.5 Å². The maximum Gasteiger partial charge on any atom is 0.310 e. The van der Waals surface area contributed by atoms with Crippen LogP contribution in [0.3, 0.4) is 0 Å². The van der Waals surface area contributed by atoms with Crippen molar-refractivity contribution in [3.05, 3.63) is 0 Å². The van der Waals surface area contributed by atoms with Gasteiger partial charge in [0.15, 0.2) is 0 Å². The number of rotatable bonds is 5. The van der Waals surface area contributed by atoms with E-state index in [4.69, 9.17) is 5.11 Å². The van der Waals surface area contributed by atoms with Crippen molar-refractivity contribution in [1.29, 1.82) is 0 Å². The Labute approximate surface area is 85.9 Å². The van der Waals surface area contributed by atoms with E-state index in [-0.39, 0.29) is 0 Å². The van der Waals surface area contributed by atoms with Crippen LogP contribution in [0.4, 0.5) is 0 Å². The van der Waals surface area contributed by atoms with Gasteiger partial charge in [-0.3, -0.25) is 4.79 Å². The molecule has 2 N–H and O–H groups in total. The third kappa shape index (κ3) is 3.29. The molecular formula is C11H21NO2. The lowest BCUT2D eigenvalue weighted by Gasteiger charge is -2.20. The summed E-state index contributed by atoms with van der Waals surface area (Å²) in [5.41, 5.74) is -0.640. The van der Waals surface area contributed by atoms with Gasteiger partial charge in [-0.25, -0.2) is 0 Å². The van der Waals surface area contributed by atoms with Crippen molar-refractivity contribution in [2.24, 2.45) is 11.3 Å². The van der Waals surface area contributed by atoms with E-state index >= 15 is 0 Å². The molecule has 1 rings (SSSR count). The highest BCUT2D eigenvalue weighted by atomic mass is 16.4. The Morgan fingerprint density at radius 3 is 2.50 bits per heavy atom. The summed E-state index contributed by atoms with van der Waals surface area (Å²) in [6.45, 7) is 5.07. The van der Waals surface area contributed by atoms with Crippen molar-refractivity contribution >= 4 is 5.97 Å². The molecule has 1 saturated carbocycles. The number of nitrogens with one attached hydrogen (secondary N) is 1. The van der Waals surface area contributed by atoms with Crippen LogP contribution in [0.2, 0.25) is 0 Å². The first-order valence-electron chi connectivity index (χ1n) is 5.46. The maximum absolute atomic E-state index is 10.8. The lowest BCUT2D eigenvalue weighted by atomic mass is 9.93. The van der Waals surface area contributed by atoms with Crippen LogP contribution in [0, 0.1) is 11.3 Å². The van der Waals surface area contributed by atoms with E-state index in [2.05, 4.69) is 5.32 Å². The average molecular weight is 199 g/mol. The number of carboxylic acid groups (broad SMARTS) is 1. The third-order valence-electron chi connectivity index (χ3n) is 3.05. The number of hydrogen-bond donors (Lipinski definition) is 2. The molecule has 0 aromatic carbocycles. The predicted octanol–water partition coefficient (Wildman–Crippen LogP) is 1.88. The topological polar surface area (TPSA) is 49.3 Å². The van der Waals surface area contributed by atoms with Crippen LogP contribution in [0.15, 0.2) is 0 Å². The predicted molar refractivity (Wildman–Crippen MR) is 56.2 cm³/mol. The molecule has 0 heterocycles. The highest BCUT2D eigenvalue weighted by Crippen LogP contribution is 2.24. The molecule has 0 amide bonds.